The van der Waals surface area contributed by atoms with Gasteiger partial charge in [0.2, 0.25) is 6.29 Å². The van der Waals surface area contributed by atoms with Crippen molar-refractivity contribution in [3.63, 3.8) is 0 Å². The van der Waals surface area contributed by atoms with Crippen LogP contribution in [0.4, 0.5) is 0 Å². The van der Waals surface area contributed by atoms with Gasteiger partial charge >= 0.3 is 23.9 Å². The Labute approximate surface area is 165 Å². The van der Waals surface area contributed by atoms with Gasteiger partial charge in [0.05, 0.1) is 0 Å². The molecule has 0 heterocycles. The van der Waals surface area contributed by atoms with Crippen LogP contribution in [0.2, 0.25) is 0 Å². The molecule has 0 atom stereocenters. The summed E-state index contributed by atoms with van der Waals surface area (Å²) < 4.78 is 9.74. The van der Waals surface area contributed by atoms with Gasteiger partial charge < -0.3 is 19.7 Å². The second-order valence-corrected chi connectivity index (χ2v) is 5.38. The van der Waals surface area contributed by atoms with Crippen molar-refractivity contribution in [3.8, 4) is 0 Å². The van der Waals surface area contributed by atoms with E-state index in [1.165, 1.54) is 13.8 Å². The first-order chi connectivity index (χ1) is 12.9. The number of unbranched alkanes of at least 4 members (excludes halogenated alkanes) is 2. The zero-order chi connectivity index (χ0) is 22.7. The van der Waals surface area contributed by atoms with E-state index in [1.807, 2.05) is 0 Å². The summed E-state index contributed by atoms with van der Waals surface area (Å²) in [5, 5.41) is 15.8. The van der Waals surface area contributed by atoms with Crippen molar-refractivity contribution < 1.29 is 38.9 Å². The molecule has 0 spiro atoms. The highest BCUT2D eigenvalue weighted by molar-refractivity contribution is 5.85. The van der Waals surface area contributed by atoms with Crippen molar-refractivity contribution in [2.45, 2.75) is 52.7 Å². The van der Waals surface area contributed by atoms with Crippen LogP contribution in [-0.2, 0) is 28.7 Å². The topological polar surface area (TPSA) is 127 Å². The predicted octanol–water partition coefficient (Wildman–Crippen LogP) is 3.65. The summed E-state index contributed by atoms with van der Waals surface area (Å²) >= 11 is 0. The molecule has 0 aliphatic carbocycles. The molecule has 0 aromatic rings. The van der Waals surface area contributed by atoms with E-state index in [0.717, 1.165) is 31.4 Å². The van der Waals surface area contributed by atoms with Gasteiger partial charge in [-0.1, -0.05) is 46.1 Å². The Balaban J connectivity index is -0.000000426. The van der Waals surface area contributed by atoms with Crippen LogP contribution in [0.1, 0.15) is 46.5 Å². The lowest BCUT2D eigenvalue weighted by Crippen LogP contribution is -2.23. The average molecular weight is 398 g/mol. The Morgan fingerprint density at radius 1 is 0.857 bits per heavy atom. The molecule has 158 valence electrons. The van der Waals surface area contributed by atoms with Crippen LogP contribution in [0.25, 0.3) is 0 Å². The normalized spacial score (nSPS) is 8.71. The summed E-state index contributed by atoms with van der Waals surface area (Å²) in [6.45, 7) is 17.8. The van der Waals surface area contributed by atoms with E-state index in [2.05, 4.69) is 33.2 Å². The lowest BCUT2D eigenvalue weighted by molar-refractivity contribution is -0.182. The van der Waals surface area contributed by atoms with Gasteiger partial charge in [-0.15, -0.1) is 0 Å². The number of carbonyl (C=O) groups is 4. The third-order valence-electron chi connectivity index (χ3n) is 2.60. The SMILES string of the molecule is C=C(C)C(=O)O.C=C(C)C(=O)O.C=CC(=O)OC(CCCCC)OC(=O)C=C. The van der Waals surface area contributed by atoms with Crippen LogP contribution < -0.4 is 0 Å². The second kappa shape index (κ2) is 18.6. The molecule has 0 radical (unpaired) electrons. The summed E-state index contributed by atoms with van der Waals surface area (Å²) in [6.07, 6.45) is 4.58. The molecule has 0 aliphatic rings. The quantitative estimate of drug-likeness (QED) is 0.247. The maximum absolute atomic E-state index is 11.0. The fourth-order valence-corrected chi connectivity index (χ4v) is 1.06. The molecular weight excluding hydrogens is 368 g/mol. The molecule has 0 saturated carbocycles. The standard InChI is InChI=1S/C12H18O4.2C4H6O2/c1-4-7-8-9-12(15-10(13)5-2)16-11(14)6-3;2*1-3(2)4(5)6/h5-6,12H,2-4,7-9H2,1H3;2*1H2,2H3,(H,5,6). The van der Waals surface area contributed by atoms with Crippen LogP contribution in [0, 0.1) is 0 Å². The van der Waals surface area contributed by atoms with E-state index in [9.17, 15) is 19.2 Å². The molecular formula is C20H30O8. The summed E-state index contributed by atoms with van der Waals surface area (Å²) in [4.78, 5) is 41.1. The Morgan fingerprint density at radius 3 is 1.39 bits per heavy atom. The van der Waals surface area contributed by atoms with Crippen molar-refractivity contribution in [2.24, 2.45) is 0 Å². The van der Waals surface area contributed by atoms with Crippen molar-refractivity contribution in [1.82, 2.24) is 0 Å². The first-order valence-corrected chi connectivity index (χ1v) is 8.36. The van der Waals surface area contributed by atoms with Crippen LogP contribution in [0.3, 0.4) is 0 Å². The maximum Gasteiger partial charge on any atom is 0.333 e. The van der Waals surface area contributed by atoms with E-state index >= 15 is 0 Å². The number of ether oxygens (including phenoxy) is 2. The van der Waals surface area contributed by atoms with Gasteiger partial charge in [0.1, 0.15) is 0 Å². The van der Waals surface area contributed by atoms with Gasteiger partial charge in [0.15, 0.2) is 0 Å². The van der Waals surface area contributed by atoms with Crippen molar-refractivity contribution >= 4 is 23.9 Å². The largest absolute Gasteiger partial charge is 0.478 e. The molecule has 0 bridgehead atoms. The minimum atomic E-state index is -0.935. The highest BCUT2D eigenvalue weighted by atomic mass is 16.7. The van der Waals surface area contributed by atoms with Crippen molar-refractivity contribution in [3.05, 3.63) is 49.6 Å². The zero-order valence-corrected chi connectivity index (χ0v) is 16.7. The summed E-state index contributed by atoms with van der Waals surface area (Å²) in [5.74, 6) is -3.07. The van der Waals surface area contributed by atoms with Crippen LogP contribution in [-0.4, -0.2) is 40.4 Å². The molecule has 0 amide bonds. The van der Waals surface area contributed by atoms with Gasteiger partial charge in [-0.3, -0.25) is 0 Å². The Hall–Kier alpha value is -3.16. The molecule has 0 aromatic heterocycles. The summed E-state index contributed by atoms with van der Waals surface area (Å²) in [7, 11) is 0. The number of esters is 2. The molecule has 0 unspecified atom stereocenters. The maximum atomic E-state index is 11.0. The molecule has 28 heavy (non-hydrogen) atoms. The third kappa shape index (κ3) is 22.8. The smallest absolute Gasteiger partial charge is 0.333 e. The summed E-state index contributed by atoms with van der Waals surface area (Å²) in [5.41, 5.74) is 0.352. The van der Waals surface area contributed by atoms with Crippen LogP contribution >= 0.6 is 0 Å². The lowest BCUT2D eigenvalue weighted by Gasteiger charge is -2.16. The summed E-state index contributed by atoms with van der Waals surface area (Å²) in [6, 6.07) is 0. The average Bonchev–Trinajstić information content (AvgIpc) is 2.62. The van der Waals surface area contributed by atoms with Gasteiger partial charge in [-0.25, -0.2) is 19.2 Å². The molecule has 0 aliphatic heterocycles. The number of hydrogen-bond acceptors (Lipinski definition) is 6. The van der Waals surface area contributed by atoms with Crippen molar-refractivity contribution in [2.75, 3.05) is 0 Å². The first-order valence-electron chi connectivity index (χ1n) is 8.36. The monoisotopic (exact) mass is 398 g/mol. The van der Waals surface area contributed by atoms with E-state index in [-0.39, 0.29) is 11.1 Å². The molecule has 0 fully saturated rings. The first kappa shape index (κ1) is 29.6. The van der Waals surface area contributed by atoms with E-state index < -0.39 is 30.2 Å². The van der Waals surface area contributed by atoms with Gasteiger partial charge in [0, 0.05) is 29.7 Å². The van der Waals surface area contributed by atoms with Gasteiger partial charge in [-0.2, -0.15) is 0 Å². The number of carbonyl (C=O) groups excluding carboxylic acids is 2. The van der Waals surface area contributed by atoms with Crippen LogP contribution in [0.15, 0.2) is 49.6 Å². The number of carboxylic acid groups (broad SMARTS) is 2. The van der Waals surface area contributed by atoms with Gasteiger partial charge in [0.25, 0.3) is 0 Å². The predicted molar refractivity (Wildman–Crippen MR) is 105 cm³/mol. The molecule has 0 saturated heterocycles. The fourth-order valence-electron chi connectivity index (χ4n) is 1.06. The second-order valence-electron chi connectivity index (χ2n) is 5.38. The molecule has 8 heteroatoms. The van der Waals surface area contributed by atoms with E-state index in [1.54, 1.807) is 0 Å². The number of carboxylic acids is 2. The Morgan fingerprint density at radius 2 is 1.18 bits per heavy atom. The Kier molecular flexibility index (Phi) is 19.7. The van der Waals surface area contributed by atoms with E-state index in [4.69, 9.17) is 19.7 Å². The molecule has 2 N–H and O–H groups in total. The number of hydrogen-bond donors (Lipinski definition) is 2. The van der Waals surface area contributed by atoms with Gasteiger partial charge in [-0.05, 0) is 20.3 Å². The molecule has 0 rings (SSSR count). The Bertz CT molecular complexity index is 505. The number of rotatable bonds is 10. The zero-order valence-electron chi connectivity index (χ0n) is 16.7. The highest BCUT2D eigenvalue weighted by Crippen LogP contribution is 2.09. The third-order valence-corrected chi connectivity index (χ3v) is 2.60. The molecule has 0 aromatic carbocycles. The molecule has 8 nitrogen and oxygen atoms in total. The van der Waals surface area contributed by atoms with E-state index in [0.29, 0.717) is 6.42 Å². The van der Waals surface area contributed by atoms with Crippen molar-refractivity contribution in [1.29, 1.82) is 0 Å². The fraction of sp³-hybridized carbons (Fsp3) is 0.400. The lowest BCUT2D eigenvalue weighted by atomic mass is 10.2. The minimum Gasteiger partial charge on any atom is -0.478 e. The van der Waals surface area contributed by atoms with Crippen LogP contribution in [0.5, 0.6) is 0 Å². The minimum absolute atomic E-state index is 0.176. The number of aliphatic carboxylic acids is 2. The highest BCUT2D eigenvalue weighted by Gasteiger charge is 2.15.